The van der Waals surface area contributed by atoms with Gasteiger partial charge in [-0.05, 0) is 19.4 Å². The third-order valence-corrected chi connectivity index (χ3v) is 2.78. The predicted octanol–water partition coefficient (Wildman–Crippen LogP) is 0.749. The van der Waals surface area contributed by atoms with E-state index in [1.54, 1.807) is 19.5 Å². The minimum absolute atomic E-state index is 0. The average Bonchev–Trinajstić information content (AvgIpc) is 2.38. The third kappa shape index (κ3) is 4.11. The predicted molar refractivity (Wildman–Crippen MR) is 68.6 cm³/mol. The molecule has 17 heavy (non-hydrogen) atoms. The molecule has 6 heteroatoms. The number of rotatable bonds is 4. The first-order chi connectivity index (χ1) is 7.90. The molecule has 1 aromatic rings. The van der Waals surface area contributed by atoms with Crippen LogP contribution >= 0.6 is 12.4 Å². The first-order valence-electron chi connectivity index (χ1n) is 5.68. The zero-order valence-corrected chi connectivity index (χ0v) is 10.8. The van der Waals surface area contributed by atoms with Crippen LogP contribution in [0.5, 0.6) is 5.88 Å². The van der Waals surface area contributed by atoms with Crippen LogP contribution in [0.2, 0.25) is 0 Å². The highest BCUT2D eigenvalue weighted by atomic mass is 35.5. The van der Waals surface area contributed by atoms with E-state index in [1.807, 2.05) is 0 Å². The number of nitrogens with zero attached hydrogens (tertiary/aromatic N) is 2. The summed E-state index contributed by atoms with van der Waals surface area (Å²) in [6.07, 6.45) is 5.79. The van der Waals surface area contributed by atoms with E-state index in [0.29, 0.717) is 18.5 Å². The monoisotopic (exact) mass is 258 g/mol. The van der Waals surface area contributed by atoms with Gasteiger partial charge in [-0.25, -0.2) is 4.98 Å². The van der Waals surface area contributed by atoms with Gasteiger partial charge in [0.25, 0.3) is 0 Å². The van der Waals surface area contributed by atoms with Crippen LogP contribution in [0.15, 0.2) is 12.4 Å². The topological polar surface area (TPSA) is 59.1 Å². The highest BCUT2D eigenvalue weighted by molar-refractivity contribution is 5.85. The molecule has 5 nitrogen and oxygen atoms in total. The summed E-state index contributed by atoms with van der Waals surface area (Å²) in [5.74, 6) is 0.610. The highest BCUT2D eigenvalue weighted by Gasteiger charge is 2.13. The van der Waals surface area contributed by atoms with Crippen molar-refractivity contribution in [1.29, 1.82) is 0 Å². The molecule has 0 saturated carbocycles. The maximum Gasteiger partial charge on any atom is 0.236 e. The van der Waals surface area contributed by atoms with Crippen molar-refractivity contribution in [3.63, 3.8) is 0 Å². The van der Waals surface area contributed by atoms with E-state index in [-0.39, 0.29) is 12.4 Å². The Bertz CT molecular complexity index is 331. The van der Waals surface area contributed by atoms with Crippen molar-refractivity contribution in [2.24, 2.45) is 0 Å². The largest absolute Gasteiger partial charge is 0.480 e. The van der Waals surface area contributed by atoms with Crippen molar-refractivity contribution in [1.82, 2.24) is 20.6 Å². The van der Waals surface area contributed by atoms with Crippen molar-refractivity contribution in [2.45, 2.75) is 25.4 Å². The van der Waals surface area contributed by atoms with Gasteiger partial charge in [-0.2, -0.15) is 0 Å². The van der Waals surface area contributed by atoms with Crippen LogP contribution in [-0.4, -0.2) is 36.2 Å². The smallest absolute Gasteiger partial charge is 0.236 e. The van der Waals surface area contributed by atoms with E-state index in [0.717, 1.165) is 18.8 Å². The maximum atomic E-state index is 5.16. The minimum atomic E-state index is 0. The fourth-order valence-corrected chi connectivity index (χ4v) is 1.91. The van der Waals surface area contributed by atoms with Gasteiger partial charge in [-0.3, -0.25) is 4.98 Å². The molecule has 0 radical (unpaired) electrons. The molecule has 1 atom stereocenters. The Balaban J connectivity index is 0.00000144. The summed E-state index contributed by atoms with van der Waals surface area (Å²) in [7, 11) is 1.62. The molecule has 2 heterocycles. The molecule has 2 rings (SSSR count). The van der Waals surface area contributed by atoms with Crippen LogP contribution in [-0.2, 0) is 6.54 Å². The van der Waals surface area contributed by atoms with Gasteiger partial charge in [0.15, 0.2) is 0 Å². The molecule has 0 amide bonds. The lowest BCUT2D eigenvalue weighted by atomic mass is 10.1. The molecule has 0 spiro atoms. The zero-order chi connectivity index (χ0) is 11.2. The van der Waals surface area contributed by atoms with E-state index in [9.17, 15) is 0 Å². The molecule has 0 aliphatic carbocycles. The number of hydrogen-bond acceptors (Lipinski definition) is 5. The number of hydrogen-bond donors (Lipinski definition) is 2. The van der Waals surface area contributed by atoms with Crippen molar-refractivity contribution < 1.29 is 4.74 Å². The number of methoxy groups -OCH3 is 1. The Morgan fingerprint density at radius 2 is 2.29 bits per heavy atom. The number of aromatic nitrogens is 2. The van der Waals surface area contributed by atoms with Crippen molar-refractivity contribution in [3.8, 4) is 5.88 Å². The Hall–Kier alpha value is -0.910. The van der Waals surface area contributed by atoms with Gasteiger partial charge >= 0.3 is 0 Å². The van der Waals surface area contributed by atoms with E-state index in [4.69, 9.17) is 4.74 Å². The van der Waals surface area contributed by atoms with Crippen molar-refractivity contribution in [3.05, 3.63) is 18.1 Å². The van der Waals surface area contributed by atoms with Crippen LogP contribution in [0.4, 0.5) is 0 Å². The Morgan fingerprint density at radius 1 is 1.47 bits per heavy atom. The number of nitrogens with one attached hydrogen (secondary N) is 2. The molecule has 96 valence electrons. The first kappa shape index (κ1) is 14.2. The summed E-state index contributed by atoms with van der Waals surface area (Å²) in [5, 5.41) is 6.84. The summed E-state index contributed by atoms with van der Waals surface area (Å²) in [4.78, 5) is 8.38. The van der Waals surface area contributed by atoms with Crippen LogP contribution in [0, 0.1) is 0 Å². The van der Waals surface area contributed by atoms with Crippen LogP contribution in [0.3, 0.4) is 0 Å². The summed E-state index contributed by atoms with van der Waals surface area (Å²) < 4.78 is 5.16. The number of ether oxygens (including phenoxy) is 1. The second-order valence-corrected chi connectivity index (χ2v) is 3.94. The lowest BCUT2D eigenvalue weighted by molar-refractivity contribution is 0.367. The van der Waals surface area contributed by atoms with Gasteiger partial charge in [0, 0.05) is 31.5 Å². The van der Waals surface area contributed by atoms with E-state index in [1.165, 1.54) is 12.8 Å². The van der Waals surface area contributed by atoms with Gasteiger partial charge in [0.05, 0.1) is 7.11 Å². The van der Waals surface area contributed by atoms with Gasteiger partial charge in [-0.15, -0.1) is 12.4 Å². The minimum Gasteiger partial charge on any atom is -0.480 e. The highest BCUT2D eigenvalue weighted by Crippen LogP contribution is 2.11. The fraction of sp³-hybridized carbons (Fsp3) is 0.636. The molecule has 1 aromatic heterocycles. The standard InChI is InChI=1S/C11H18N4O.ClH/c1-16-11-10(13-5-6-14-11)8-15-9-3-2-4-12-7-9;/h5-6,9,12,15H,2-4,7-8H2,1H3;1H. The first-order valence-corrected chi connectivity index (χ1v) is 5.68. The fourth-order valence-electron chi connectivity index (χ4n) is 1.91. The second kappa shape index (κ2) is 7.42. The maximum absolute atomic E-state index is 5.16. The van der Waals surface area contributed by atoms with Gasteiger partial charge in [0.2, 0.25) is 5.88 Å². The molecule has 0 aromatic carbocycles. The second-order valence-electron chi connectivity index (χ2n) is 3.94. The average molecular weight is 259 g/mol. The van der Waals surface area contributed by atoms with Crippen molar-refractivity contribution in [2.75, 3.05) is 20.2 Å². The molecule has 1 aliphatic heterocycles. The summed E-state index contributed by atoms with van der Waals surface area (Å²) in [6, 6.07) is 0.528. The third-order valence-electron chi connectivity index (χ3n) is 2.78. The number of piperidine rings is 1. The molecular formula is C11H19ClN4O. The van der Waals surface area contributed by atoms with Crippen LogP contribution in [0.25, 0.3) is 0 Å². The lowest BCUT2D eigenvalue weighted by Crippen LogP contribution is -2.42. The molecule has 1 unspecified atom stereocenters. The Labute approximate surface area is 108 Å². The molecule has 2 N–H and O–H groups in total. The number of halogens is 1. The molecule has 0 bridgehead atoms. The van der Waals surface area contributed by atoms with Crippen molar-refractivity contribution >= 4 is 12.4 Å². The quantitative estimate of drug-likeness (QED) is 0.835. The summed E-state index contributed by atoms with van der Waals surface area (Å²) >= 11 is 0. The van der Waals surface area contributed by atoms with Crippen LogP contribution < -0.4 is 15.4 Å². The van der Waals surface area contributed by atoms with E-state index >= 15 is 0 Å². The normalized spacial score (nSPS) is 19.5. The van der Waals surface area contributed by atoms with Crippen LogP contribution in [0.1, 0.15) is 18.5 Å². The Morgan fingerprint density at radius 3 is 3.00 bits per heavy atom. The van der Waals surface area contributed by atoms with E-state index in [2.05, 4.69) is 20.6 Å². The van der Waals surface area contributed by atoms with Gasteiger partial charge in [-0.1, -0.05) is 0 Å². The molecule has 1 fully saturated rings. The SMILES string of the molecule is COc1nccnc1CNC1CCCNC1.Cl. The van der Waals surface area contributed by atoms with E-state index < -0.39 is 0 Å². The molecule has 1 aliphatic rings. The lowest BCUT2D eigenvalue weighted by Gasteiger charge is -2.23. The van der Waals surface area contributed by atoms with Gasteiger partial charge in [0.1, 0.15) is 5.69 Å². The molecular weight excluding hydrogens is 240 g/mol. The molecule has 1 saturated heterocycles. The summed E-state index contributed by atoms with van der Waals surface area (Å²) in [5.41, 5.74) is 0.871. The zero-order valence-electron chi connectivity index (χ0n) is 9.98. The Kier molecular flexibility index (Phi) is 6.18. The van der Waals surface area contributed by atoms with Gasteiger partial charge < -0.3 is 15.4 Å². The summed E-state index contributed by atoms with van der Waals surface area (Å²) in [6.45, 7) is 2.87.